The summed E-state index contributed by atoms with van der Waals surface area (Å²) in [7, 11) is -1.77. The molecule has 0 aromatic carbocycles. The van der Waals surface area contributed by atoms with Gasteiger partial charge in [-0.25, -0.2) is 8.42 Å². The molecular weight excluding hydrogens is 256 g/mol. The summed E-state index contributed by atoms with van der Waals surface area (Å²) in [6.07, 6.45) is 2.33. The number of carbonyl (C=O) groups excluding carboxylic acids is 1. The molecule has 0 spiro atoms. The first-order valence-corrected chi connectivity index (χ1v) is 8.10. The van der Waals surface area contributed by atoms with Gasteiger partial charge < -0.3 is 9.47 Å². The Bertz CT molecular complexity index is 370. The Kier molecular flexibility index (Phi) is 5.59. The van der Waals surface area contributed by atoms with Crippen LogP contribution in [0.2, 0.25) is 0 Å². The first-order chi connectivity index (χ1) is 8.43. The Labute approximate surface area is 109 Å². The van der Waals surface area contributed by atoms with Crippen molar-refractivity contribution in [2.75, 3.05) is 31.8 Å². The first kappa shape index (κ1) is 15.4. The molecule has 0 atom stereocenters. The summed E-state index contributed by atoms with van der Waals surface area (Å²) < 4.78 is 33.5. The Morgan fingerprint density at radius 1 is 1.33 bits per heavy atom. The highest BCUT2D eigenvalue weighted by molar-refractivity contribution is 7.91. The van der Waals surface area contributed by atoms with Crippen LogP contribution in [0.4, 0.5) is 0 Å². The number of hydrogen-bond donors (Lipinski definition) is 0. The van der Waals surface area contributed by atoms with E-state index in [1.165, 1.54) is 7.11 Å². The van der Waals surface area contributed by atoms with Crippen molar-refractivity contribution in [3.8, 4) is 0 Å². The minimum atomic E-state index is -3.10. The molecule has 0 amide bonds. The van der Waals surface area contributed by atoms with E-state index in [2.05, 4.69) is 4.74 Å². The Morgan fingerprint density at radius 2 is 2.00 bits per heavy atom. The zero-order chi connectivity index (χ0) is 13.6. The second kappa shape index (κ2) is 6.52. The van der Waals surface area contributed by atoms with Crippen LogP contribution in [0.25, 0.3) is 0 Å². The Morgan fingerprint density at radius 3 is 2.50 bits per heavy atom. The molecule has 106 valence electrons. The smallest absolute Gasteiger partial charge is 0.306 e. The van der Waals surface area contributed by atoms with E-state index in [4.69, 9.17) is 4.74 Å². The first-order valence-electron chi connectivity index (χ1n) is 6.28. The van der Waals surface area contributed by atoms with Gasteiger partial charge >= 0.3 is 5.97 Å². The molecule has 0 aromatic rings. The van der Waals surface area contributed by atoms with Gasteiger partial charge in [-0.15, -0.1) is 0 Å². The van der Waals surface area contributed by atoms with Crippen LogP contribution in [0.3, 0.4) is 0 Å². The van der Waals surface area contributed by atoms with E-state index in [9.17, 15) is 13.2 Å². The molecule has 0 radical (unpaired) electrons. The number of ether oxygens (including phenoxy) is 2. The normalized spacial score (nSPS) is 17.4. The molecule has 0 bridgehead atoms. The number of esters is 1. The highest BCUT2D eigenvalue weighted by Gasteiger charge is 2.47. The van der Waals surface area contributed by atoms with Gasteiger partial charge in [0.2, 0.25) is 0 Å². The van der Waals surface area contributed by atoms with Gasteiger partial charge in [-0.1, -0.05) is 0 Å². The van der Waals surface area contributed by atoms with Crippen molar-refractivity contribution in [1.29, 1.82) is 0 Å². The van der Waals surface area contributed by atoms with Crippen molar-refractivity contribution in [1.82, 2.24) is 0 Å². The number of rotatable bonds is 9. The minimum absolute atomic E-state index is 0.0984. The maximum absolute atomic E-state index is 11.9. The summed E-state index contributed by atoms with van der Waals surface area (Å²) >= 11 is 0. The standard InChI is InChI=1S/C12H22O5S/c1-3-17-7-4-8-18(14,15)10-12(5-6-12)9-11(13)16-2/h3-10H2,1-2H3. The lowest BCUT2D eigenvalue weighted by atomic mass is 10.1. The average molecular weight is 278 g/mol. The van der Waals surface area contributed by atoms with Gasteiger partial charge in [-0.2, -0.15) is 0 Å². The van der Waals surface area contributed by atoms with Gasteiger partial charge in [0.25, 0.3) is 0 Å². The molecule has 0 N–H and O–H groups in total. The summed E-state index contributed by atoms with van der Waals surface area (Å²) in [6.45, 7) is 2.95. The van der Waals surface area contributed by atoms with E-state index in [1.54, 1.807) is 0 Å². The van der Waals surface area contributed by atoms with Crippen molar-refractivity contribution in [3.05, 3.63) is 0 Å². The fourth-order valence-electron chi connectivity index (χ4n) is 1.99. The molecule has 1 aliphatic rings. The molecule has 1 rings (SSSR count). The fraction of sp³-hybridized carbons (Fsp3) is 0.917. The van der Waals surface area contributed by atoms with Crippen LogP contribution in [0.5, 0.6) is 0 Å². The summed E-state index contributed by atoms with van der Waals surface area (Å²) in [5.41, 5.74) is -0.350. The SMILES string of the molecule is CCOCCCS(=O)(=O)CC1(CC(=O)OC)CC1. The third-order valence-corrected chi connectivity index (χ3v) is 5.14. The number of hydrogen-bond acceptors (Lipinski definition) is 5. The predicted molar refractivity (Wildman–Crippen MR) is 68.1 cm³/mol. The minimum Gasteiger partial charge on any atom is -0.469 e. The molecule has 0 aromatic heterocycles. The molecule has 0 unspecified atom stereocenters. The summed E-state index contributed by atoms with van der Waals surface area (Å²) in [6, 6.07) is 0. The van der Waals surface area contributed by atoms with Crippen molar-refractivity contribution in [2.45, 2.75) is 32.6 Å². The monoisotopic (exact) mass is 278 g/mol. The highest BCUT2D eigenvalue weighted by atomic mass is 32.2. The summed E-state index contributed by atoms with van der Waals surface area (Å²) in [5, 5.41) is 0. The van der Waals surface area contributed by atoms with Crippen LogP contribution in [-0.2, 0) is 24.1 Å². The fourth-order valence-corrected chi connectivity index (χ4v) is 4.02. The average Bonchev–Trinajstić information content (AvgIpc) is 3.03. The highest BCUT2D eigenvalue weighted by Crippen LogP contribution is 2.50. The zero-order valence-electron chi connectivity index (χ0n) is 11.1. The molecule has 0 saturated heterocycles. The van der Waals surface area contributed by atoms with Crippen LogP contribution in [0, 0.1) is 5.41 Å². The quantitative estimate of drug-likeness (QED) is 0.468. The van der Waals surface area contributed by atoms with Crippen molar-refractivity contribution >= 4 is 15.8 Å². The molecule has 5 nitrogen and oxygen atoms in total. The van der Waals surface area contributed by atoms with Gasteiger partial charge in [0.1, 0.15) is 0 Å². The zero-order valence-corrected chi connectivity index (χ0v) is 11.9. The topological polar surface area (TPSA) is 69.7 Å². The van der Waals surface area contributed by atoms with E-state index in [0.717, 1.165) is 12.8 Å². The largest absolute Gasteiger partial charge is 0.469 e. The van der Waals surface area contributed by atoms with Crippen molar-refractivity contribution in [2.24, 2.45) is 5.41 Å². The van der Waals surface area contributed by atoms with Crippen LogP contribution in [-0.4, -0.2) is 46.2 Å². The lowest BCUT2D eigenvalue weighted by Crippen LogP contribution is -2.23. The van der Waals surface area contributed by atoms with Crippen molar-refractivity contribution < 1.29 is 22.7 Å². The van der Waals surface area contributed by atoms with Crippen molar-refractivity contribution in [3.63, 3.8) is 0 Å². The summed E-state index contributed by atoms with van der Waals surface area (Å²) in [4.78, 5) is 11.2. The maximum atomic E-state index is 11.9. The molecule has 1 aliphatic carbocycles. The molecule has 1 fully saturated rings. The Balaban J connectivity index is 2.38. The van der Waals surface area contributed by atoms with Gasteiger partial charge in [0.15, 0.2) is 9.84 Å². The molecule has 0 aliphatic heterocycles. The van der Waals surface area contributed by atoms with Crippen LogP contribution >= 0.6 is 0 Å². The third kappa shape index (κ3) is 5.35. The molecule has 1 saturated carbocycles. The molecular formula is C12H22O5S. The second-order valence-electron chi connectivity index (χ2n) is 4.90. The second-order valence-corrected chi connectivity index (χ2v) is 7.08. The maximum Gasteiger partial charge on any atom is 0.306 e. The molecule has 18 heavy (non-hydrogen) atoms. The van der Waals surface area contributed by atoms with Crippen LogP contribution < -0.4 is 0 Å². The van der Waals surface area contributed by atoms with Crippen LogP contribution in [0.1, 0.15) is 32.6 Å². The van der Waals surface area contributed by atoms with E-state index in [-0.39, 0.29) is 29.3 Å². The number of methoxy groups -OCH3 is 1. The number of carbonyl (C=O) groups is 1. The van der Waals surface area contributed by atoms with Crippen LogP contribution in [0.15, 0.2) is 0 Å². The van der Waals surface area contributed by atoms with E-state index < -0.39 is 9.84 Å². The van der Waals surface area contributed by atoms with Gasteiger partial charge in [-0.3, -0.25) is 4.79 Å². The third-order valence-electron chi connectivity index (χ3n) is 3.18. The molecule has 6 heteroatoms. The lowest BCUT2D eigenvalue weighted by Gasteiger charge is -2.13. The van der Waals surface area contributed by atoms with E-state index in [0.29, 0.717) is 19.6 Å². The Hall–Kier alpha value is -0.620. The number of sulfone groups is 1. The van der Waals surface area contributed by atoms with E-state index >= 15 is 0 Å². The predicted octanol–water partition coefficient (Wildman–Crippen LogP) is 1.17. The van der Waals surface area contributed by atoms with Gasteiger partial charge in [0, 0.05) is 13.2 Å². The lowest BCUT2D eigenvalue weighted by molar-refractivity contribution is -0.141. The summed E-state index contributed by atoms with van der Waals surface area (Å²) in [5.74, 6) is -0.0889. The van der Waals surface area contributed by atoms with Gasteiger partial charge in [-0.05, 0) is 31.6 Å². The van der Waals surface area contributed by atoms with E-state index in [1.807, 2.05) is 6.92 Å². The van der Waals surface area contributed by atoms with Gasteiger partial charge in [0.05, 0.1) is 25.0 Å². The molecule has 0 heterocycles.